The minimum absolute atomic E-state index is 0.479. The van der Waals surface area contributed by atoms with Crippen LogP contribution in [0.1, 0.15) is 55.6 Å². The molecule has 178 valence electrons. The highest BCUT2D eigenvalue weighted by Gasteiger charge is 2.15. The second-order valence-corrected chi connectivity index (χ2v) is 8.27. The zero-order chi connectivity index (χ0) is 24.2. The third-order valence-electron chi connectivity index (χ3n) is 5.89. The van der Waals surface area contributed by atoms with Crippen LogP contribution < -0.4 is 4.74 Å². The van der Waals surface area contributed by atoms with Crippen LogP contribution in [-0.2, 0) is 19.6 Å². The zero-order valence-electron chi connectivity index (χ0n) is 20.9. The summed E-state index contributed by atoms with van der Waals surface area (Å²) in [4.78, 5) is 12.3. The predicted octanol–water partition coefficient (Wildman–Crippen LogP) is 6.81. The Kier molecular flexibility index (Phi) is 9.83. The molecular weight excluding hydrogens is 420 g/mol. The summed E-state index contributed by atoms with van der Waals surface area (Å²) >= 11 is 0. The lowest BCUT2D eigenvalue weighted by molar-refractivity contribution is 0.302. The third-order valence-corrected chi connectivity index (χ3v) is 5.89. The zero-order valence-corrected chi connectivity index (χ0v) is 20.9. The minimum atomic E-state index is 0.479. The second-order valence-electron chi connectivity index (χ2n) is 8.27. The first kappa shape index (κ1) is 25.2. The van der Waals surface area contributed by atoms with Gasteiger partial charge in [0.1, 0.15) is 12.4 Å². The standard InChI is InChI=1S/C26H29N3O.C3H7N/c1-3-4-5-11-24-20(2)29(18-21-9-8-14-27-17-21)26-13-12-23(16-25(24)26)30-19-22-10-6-7-15-28-22;1-3-4-2/h6-10,12-17H,3-5,11,18-19H2,1-2H3;3H,1-2H3. The van der Waals surface area contributed by atoms with Crippen LogP contribution in [0.15, 0.2) is 72.1 Å². The van der Waals surface area contributed by atoms with Crippen molar-refractivity contribution in [3.05, 3.63) is 89.6 Å². The molecule has 0 atom stereocenters. The van der Waals surface area contributed by atoms with Crippen molar-refractivity contribution in [1.82, 2.24) is 14.5 Å². The topological polar surface area (TPSA) is 52.3 Å². The third kappa shape index (κ3) is 6.77. The molecule has 4 rings (SSSR count). The van der Waals surface area contributed by atoms with Crippen molar-refractivity contribution >= 4 is 17.1 Å². The number of fused-ring (bicyclic) bond motifs is 1. The number of rotatable bonds is 9. The van der Waals surface area contributed by atoms with Gasteiger partial charge >= 0.3 is 0 Å². The van der Waals surface area contributed by atoms with Crippen molar-refractivity contribution in [2.75, 3.05) is 7.05 Å². The fraction of sp³-hybridized carbons (Fsp3) is 0.345. The summed E-state index contributed by atoms with van der Waals surface area (Å²) in [5.41, 5.74) is 6.18. The van der Waals surface area contributed by atoms with Crippen LogP contribution in [-0.4, -0.2) is 27.8 Å². The number of benzene rings is 1. The molecule has 0 aliphatic carbocycles. The van der Waals surface area contributed by atoms with Crippen LogP contribution in [0.25, 0.3) is 10.9 Å². The number of hydrogen-bond acceptors (Lipinski definition) is 4. The molecule has 0 N–H and O–H groups in total. The Morgan fingerprint density at radius 3 is 2.59 bits per heavy atom. The first-order valence-electron chi connectivity index (χ1n) is 12.1. The molecule has 3 aromatic heterocycles. The summed E-state index contributed by atoms with van der Waals surface area (Å²) in [5.74, 6) is 0.892. The molecule has 0 fully saturated rings. The van der Waals surface area contributed by atoms with E-state index in [-0.39, 0.29) is 0 Å². The summed E-state index contributed by atoms with van der Waals surface area (Å²) in [5, 5.41) is 1.30. The molecule has 0 amide bonds. The molecule has 0 saturated carbocycles. The fourth-order valence-corrected chi connectivity index (χ4v) is 4.01. The van der Waals surface area contributed by atoms with Gasteiger partial charge in [0, 0.05) is 48.8 Å². The van der Waals surface area contributed by atoms with Gasteiger partial charge in [-0.05, 0) is 80.4 Å². The van der Waals surface area contributed by atoms with Crippen molar-refractivity contribution < 1.29 is 4.74 Å². The Bertz CT molecular complexity index is 1160. The van der Waals surface area contributed by atoms with Gasteiger partial charge in [-0.1, -0.05) is 31.9 Å². The van der Waals surface area contributed by atoms with E-state index >= 15 is 0 Å². The quantitative estimate of drug-likeness (QED) is 0.205. The van der Waals surface area contributed by atoms with Gasteiger partial charge in [0.2, 0.25) is 0 Å². The van der Waals surface area contributed by atoms with Gasteiger partial charge in [-0.2, -0.15) is 0 Å². The van der Waals surface area contributed by atoms with E-state index in [1.807, 2.05) is 43.6 Å². The number of ether oxygens (including phenoxy) is 1. The van der Waals surface area contributed by atoms with Crippen LogP contribution in [0, 0.1) is 6.92 Å². The molecule has 0 saturated heterocycles. The Hall–Kier alpha value is -3.47. The van der Waals surface area contributed by atoms with Gasteiger partial charge in [-0.25, -0.2) is 0 Å². The summed E-state index contributed by atoms with van der Waals surface area (Å²) in [6.45, 7) is 7.69. The summed E-state index contributed by atoms with van der Waals surface area (Å²) in [7, 11) is 1.75. The molecule has 4 aromatic rings. The van der Waals surface area contributed by atoms with Crippen LogP contribution >= 0.6 is 0 Å². The maximum Gasteiger partial charge on any atom is 0.130 e. The normalized spacial score (nSPS) is 10.9. The fourth-order valence-electron chi connectivity index (χ4n) is 4.01. The Morgan fingerprint density at radius 1 is 1.06 bits per heavy atom. The van der Waals surface area contributed by atoms with Crippen molar-refractivity contribution in [3.8, 4) is 5.75 Å². The van der Waals surface area contributed by atoms with E-state index in [2.05, 4.69) is 57.6 Å². The summed E-state index contributed by atoms with van der Waals surface area (Å²) in [6, 6.07) is 16.5. The first-order chi connectivity index (χ1) is 16.7. The van der Waals surface area contributed by atoms with Gasteiger partial charge in [0.15, 0.2) is 0 Å². The lowest BCUT2D eigenvalue weighted by Gasteiger charge is -2.09. The van der Waals surface area contributed by atoms with Crippen molar-refractivity contribution in [3.63, 3.8) is 0 Å². The van der Waals surface area contributed by atoms with Gasteiger partial charge in [-0.3, -0.25) is 9.97 Å². The number of unbranched alkanes of at least 4 members (excludes halogenated alkanes) is 2. The maximum absolute atomic E-state index is 6.07. The summed E-state index contributed by atoms with van der Waals surface area (Å²) in [6.07, 6.45) is 12.1. The molecule has 34 heavy (non-hydrogen) atoms. The highest BCUT2D eigenvalue weighted by atomic mass is 16.5. The van der Waals surface area contributed by atoms with Gasteiger partial charge in [0.25, 0.3) is 0 Å². The Labute approximate surface area is 203 Å². The van der Waals surface area contributed by atoms with Gasteiger partial charge in [0.05, 0.1) is 5.69 Å². The van der Waals surface area contributed by atoms with E-state index in [0.29, 0.717) is 6.61 Å². The second kappa shape index (κ2) is 13.3. The minimum Gasteiger partial charge on any atom is -0.487 e. The highest BCUT2D eigenvalue weighted by Crippen LogP contribution is 2.31. The number of hydrogen-bond donors (Lipinski definition) is 0. The summed E-state index contributed by atoms with van der Waals surface area (Å²) < 4.78 is 8.48. The Balaban J connectivity index is 0.000000751. The number of nitrogens with zero attached hydrogens (tertiary/aromatic N) is 4. The van der Waals surface area contributed by atoms with Crippen molar-refractivity contribution in [2.24, 2.45) is 4.99 Å². The monoisotopic (exact) mass is 456 g/mol. The average Bonchev–Trinajstić information content (AvgIpc) is 3.14. The molecular formula is C29H36N4O. The van der Waals surface area contributed by atoms with E-state index in [1.54, 1.807) is 19.5 Å². The highest BCUT2D eigenvalue weighted by molar-refractivity contribution is 5.87. The molecule has 3 heterocycles. The number of aromatic nitrogens is 3. The van der Waals surface area contributed by atoms with Crippen LogP contribution in [0.5, 0.6) is 5.75 Å². The molecule has 1 aromatic carbocycles. The largest absolute Gasteiger partial charge is 0.487 e. The average molecular weight is 457 g/mol. The molecule has 0 spiro atoms. The smallest absolute Gasteiger partial charge is 0.130 e. The maximum atomic E-state index is 6.07. The predicted molar refractivity (Wildman–Crippen MR) is 142 cm³/mol. The van der Waals surface area contributed by atoms with E-state index in [1.165, 1.54) is 47.0 Å². The van der Waals surface area contributed by atoms with Crippen LogP contribution in [0.4, 0.5) is 0 Å². The number of pyridine rings is 2. The van der Waals surface area contributed by atoms with Crippen LogP contribution in [0.3, 0.4) is 0 Å². The van der Waals surface area contributed by atoms with E-state index in [0.717, 1.165) is 24.4 Å². The first-order valence-corrected chi connectivity index (χ1v) is 12.1. The van der Waals surface area contributed by atoms with E-state index in [4.69, 9.17) is 4.74 Å². The lowest BCUT2D eigenvalue weighted by Crippen LogP contribution is -2.02. The Morgan fingerprint density at radius 2 is 1.91 bits per heavy atom. The van der Waals surface area contributed by atoms with E-state index < -0.39 is 0 Å². The number of aryl methyl sites for hydroxylation is 1. The molecule has 5 nitrogen and oxygen atoms in total. The molecule has 0 aliphatic rings. The number of aliphatic imine (C=N–C) groups is 1. The van der Waals surface area contributed by atoms with E-state index in [9.17, 15) is 0 Å². The lowest BCUT2D eigenvalue weighted by atomic mass is 10.0. The van der Waals surface area contributed by atoms with Crippen molar-refractivity contribution in [1.29, 1.82) is 0 Å². The van der Waals surface area contributed by atoms with Crippen LogP contribution in [0.2, 0.25) is 0 Å². The molecule has 0 radical (unpaired) electrons. The van der Waals surface area contributed by atoms with Crippen molar-refractivity contribution in [2.45, 2.75) is 59.6 Å². The van der Waals surface area contributed by atoms with Gasteiger partial charge < -0.3 is 14.3 Å². The molecule has 5 heteroatoms. The SMILES string of the molecule is CC=NC.CCCCCc1c(C)n(Cc2cccnc2)c2ccc(OCc3ccccn3)cc12. The molecule has 0 unspecified atom stereocenters. The molecule has 0 bridgehead atoms. The molecule has 0 aliphatic heterocycles. The van der Waals surface area contributed by atoms with Gasteiger partial charge in [-0.15, -0.1) is 0 Å².